The van der Waals surface area contributed by atoms with Crippen molar-refractivity contribution in [3.63, 3.8) is 0 Å². The van der Waals surface area contributed by atoms with E-state index in [0.29, 0.717) is 48.3 Å². The van der Waals surface area contributed by atoms with Crippen LogP contribution < -0.4 is 25.2 Å². The van der Waals surface area contributed by atoms with Crippen LogP contribution >= 0.6 is 0 Å². The van der Waals surface area contributed by atoms with E-state index in [1.165, 1.54) is 0 Å². The first kappa shape index (κ1) is 19.9. The molecule has 1 aliphatic heterocycles. The summed E-state index contributed by atoms with van der Waals surface area (Å²) in [6.07, 6.45) is 0. The molecule has 30 heavy (non-hydrogen) atoms. The van der Waals surface area contributed by atoms with Crippen molar-refractivity contribution in [2.24, 2.45) is 0 Å². The highest BCUT2D eigenvalue weighted by Crippen LogP contribution is 2.32. The van der Waals surface area contributed by atoms with Gasteiger partial charge in [-0.05, 0) is 38.1 Å². The highest BCUT2D eigenvalue weighted by molar-refractivity contribution is 5.91. The highest BCUT2D eigenvalue weighted by atomic mass is 16.6. The van der Waals surface area contributed by atoms with E-state index in [1.807, 2.05) is 32.0 Å². The van der Waals surface area contributed by atoms with Crippen LogP contribution in [0.5, 0.6) is 11.5 Å². The number of hydrogen-bond acceptors (Lipinski definition) is 5. The lowest BCUT2D eigenvalue weighted by Gasteiger charge is -2.20. The Labute approximate surface area is 174 Å². The molecule has 0 radical (unpaired) electrons. The van der Waals surface area contributed by atoms with Crippen LogP contribution in [-0.2, 0) is 11.3 Å². The van der Waals surface area contributed by atoms with Crippen molar-refractivity contribution in [1.82, 2.24) is 9.38 Å². The van der Waals surface area contributed by atoms with Gasteiger partial charge in [0, 0.05) is 23.5 Å². The van der Waals surface area contributed by atoms with Gasteiger partial charge in [-0.3, -0.25) is 14.0 Å². The van der Waals surface area contributed by atoms with Crippen LogP contribution in [0.3, 0.4) is 0 Å². The first-order valence-corrected chi connectivity index (χ1v) is 10.0. The number of nitrogens with zero attached hydrogens (tertiary/aromatic N) is 2. The van der Waals surface area contributed by atoms with Crippen molar-refractivity contribution >= 4 is 17.2 Å². The van der Waals surface area contributed by atoms with Crippen molar-refractivity contribution in [2.75, 3.05) is 31.6 Å². The zero-order valence-corrected chi connectivity index (χ0v) is 17.1. The van der Waals surface area contributed by atoms with E-state index in [9.17, 15) is 9.59 Å². The van der Waals surface area contributed by atoms with E-state index in [4.69, 9.17) is 9.47 Å². The first-order chi connectivity index (χ1) is 14.5. The summed E-state index contributed by atoms with van der Waals surface area (Å²) in [5.74, 6) is 1.20. The van der Waals surface area contributed by atoms with Gasteiger partial charge >= 0.3 is 0 Å². The third-order valence-corrected chi connectivity index (χ3v) is 5.10. The molecule has 3 heterocycles. The molecule has 1 unspecified atom stereocenters. The molecule has 1 aromatic carbocycles. The molecule has 0 fully saturated rings. The second kappa shape index (κ2) is 8.54. The molecule has 0 bridgehead atoms. The van der Waals surface area contributed by atoms with Gasteiger partial charge in [-0.15, -0.1) is 0 Å². The molecule has 1 amide bonds. The van der Waals surface area contributed by atoms with Crippen LogP contribution in [0.25, 0.3) is 5.65 Å². The molecule has 8 heteroatoms. The van der Waals surface area contributed by atoms with Crippen LogP contribution in [-0.4, -0.2) is 41.6 Å². The van der Waals surface area contributed by atoms with E-state index in [1.54, 1.807) is 28.7 Å². The largest absolute Gasteiger partial charge is 0.486 e. The number of likely N-dealkylation sites (N-methyl/N-ethyl adjacent to an activating group) is 1. The molecule has 1 aliphatic rings. The lowest BCUT2D eigenvalue weighted by atomic mass is 10.2. The van der Waals surface area contributed by atoms with Crippen LogP contribution in [0, 0.1) is 6.92 Å². The number of ether oxygens (including phenoxy) is 2. The smallest absolute Gasteiger partial charge is 0.279 e. The number of hydrogen-bond donors (Lipinski definition) is 2. The molecule has 0 aliphatic carbocycles. The Kier molecular flexibility index (Phi) is 5.67. The fraction of sp³-hybridized carbons (Fsp3) is 0.318. The number of aryl methyl sites for hydroxylation is 1. The van der Waals surface area contributed by atoms with E-state index in [2.05, 4.69) is 10.3 Å². The highest BCUT2D eigenvalue weighted by Gasteiger charge is 2.17. The van der Waals surface area contributed by atoms with Gasteiger partial charge in [0.15, 0.2) is 18.0 Å². The number of anilines is 1. The van der Waals surface area contributed by atoms with E-state index in [-0.39, 0.29) is 18.0 Å². The molecule has 2 N–H and O–H groups in total. The van der Waals surface area contributed by atoms with Crippen molar-refractivity contribution in [1.29, 1.82) is 0 Å². The summed E-state index contributed by atoms with van der Waals surface area (Å²) in [5.41, 5.74) is 2.69. The number of pyridine rings is 1. The number of rotatable bonds is 6. The zero-order valence-electron chi connectivity index (χ0n) is 17.1. The van der Waals surface area contributed by atoms with Crippen LogP contribution in [0.4, 0.5) is 5.69 Å². The van der Waals surface area contributed by atoms with Crippen molar-refractivity contribution in [3.05, 3.63) is 64.2 Å². The molecule has 3 aromatic rings. The predicted molar refractivity (Wildman–Crippen MR) is 112 cm³/mol. The number of carbonyl (C=O) groups excluding carboxylic acids is 1. The summed E-state index contributed by atoms with van der Waals surface area (Å²) in [6.45, 7) is 6.39. The van der Waals surface area contributed by atoms with Crippen molar-refractivity contribution in [3.8, 4) is 11.5 Å². The van der Waals surface area contributed by atoms with Gasteiger partial charge in [0.2, 0.25) is 0 Å². The maximum atomic E-state index is 12.6. The quantitative estimate of drug-likeness (QED) is 0.630. The number of fused-ring (bicyclic) bond motifs is 2. The van der Waals surface area contributed by atoms with Gasteiger partial charge in [0.1, 0.15) is 31.1 Å². The Morgan fingerprint density at radius 2 is 1.97 bits per heavy atom. The van der Waals surface area contributed by atoms with Crippen LogP contribution in [0.2, 0.25) is 0 Å². The normalized spacial score (nSPS) is 13.8. The van der Waals surface area contributed by atoms with E-state index >= 15 is 0 Å². The fourth-order valence-corrected chi connectivity index (χ4v) is 3.58. The molecule has 0 spiro atoms. The Bertz CT molecular complexity index is 1140. The van der Waals surface area contributed by atoms with Gasteiger partial charge in [0.05, 0.1) is 6.54 Å². The van der Waals surface area contributed by atoms with Gasteiger partial charge in [-0.25, -0.2) is 4.98 Å². The van der Waals surface area contributed by atoms with Gasteiger partial charge < -0.3 is 19.7 Å². The number of aromatic nitrogens is 2. The molecule has 0 saturated carbocycles. The van der Waals surface area contributed by atoms with E-state index in [0.717, 1.165) is 17.1 Å². The maximum absolute atomic E-state index is 12.6. The summed E-state index contributed by atoms with van der Waals surface area (Å²) in [6, 6.07) is 12.5. The lowest BCUT2D eigenvalue weighted by molar-refractivity contribution is -0.904. The average Bonchev–Trinajstić information content (AvgIpc) is 2.73. The standard InChI is InChI=1S/C22H24N4O4/c1-3-25(13-17-12-22(28)26-15(2)5-4-6-20(26)23-17)14-21(27)24-16-7-8-18-19(11-16)30-10-9-29-18/h4-8,11-12H,3,9-10,13-14H2,1-2H3,(H,24,27)/p+1. The minimum Gasteiger partial charge on any atom is -0.486 e. The molecule has 1 atom stereocenters. The average molecular weight is 409 g/mol. The minimum atomic E-state index is -0.114. The Morgan fingerprint density at radius 1 is 1.17 bits per heavy atom. The number of nitrogens with one attached hydrogen (secondary N) is 2. The summed E-state index contributed by atoms with van der Waals surface area (Å²) in [5, 5.41) is 2.91. The summed E-state index contributed by atoms with van der Waals surface area (Å²) < 4.78 is 12.7. The molecule has 156 valence electrons. The molecule has 2 aromatic heterocycles. The summed E-state index contributed by atoms with van der Waals surface area (Å²) in [4.78, 5) is 30.7. The van der Waals surface area contributed by atoms with Gasteiger partial charge in [-0.2, -0.15) is 0 Å². The number of amides is 1. The SMILES string of the molecule is CC[NH+](CC(=O)Nc1ccc2c(c1)OCCO2)Cc1cc(=O)n2c(C)cccc2n1. The monoisotopic (exact) mass is 409 g/mol. The molecule has 0 saturated heterocycles. The fourth-order valence-electron chi connectivity index (χ4n) is 3.58. The maximum Gasteiger partial charge on any atom is 0.279 e. The predicted octanol–water partition coefficient (Wildman–Crippen LogP) is 0.818. The molecular formula is C22H25N4O4+. The third-order valence-electron chi connectivity index (χ3n) is 5.10. The van der Waals surface area contributed by atoms with Gasteiger partial charge in [0.25, 0.3) is 11.5 Å². The first-order valence-electron chi connectivity index (χ1n) is 10.0. The second-order valence-electron chi connectivity index (χ2n) is 7.31. The van der Waals surface area contributed by atoms with Gasteiger partial charge in [-0.1, -0.05) is 6.07 Å². The van der Waals surface area contributed by atoms with Crippen LogP contribution in [0.15, 0.2) is 47.3 Å². The van der Waals surface area contributed by atoms with Crippen molar-refractivity contribution < 1.29 is 19.2 Å². The lowest BCUT2D eigenvalue weighted by Crippen LogP contribution is -3.11. The Hall–Kier alpha value is -3.39. The van der Waals surface area contributed by atoms with E-state index < -0.39 is 0 Å². The number of quaternary nitrogens is 1. The molecule has 8 nitrogen and oxygen atoms in total. The zero-order chi connectivity index (χ0) is 21.1. The van der Waals surface area contributed by atoms with Crippen molar-refractivity contribution in [2.45, 2.75) is 20.4 Å². The topological polar surface area (TPSA) is 86.4 Å². The Balaban J connectivity index is 1.44. The summed E-state index contributed by atoms with van der Waals surface area (Å²) in [7, 11) is 0. The number of carbonyl (C=O) groups is 1. The molecular weight excluding hydrogens is 384 g/mol. The third kappa shape index (κ3) is 4.28. The molecule has 4 rings (SSSR count). The summed E-state index contributed by atoms with van der Waals surface area (Å²) >= 11 is 0. The second-order valence-corrected chi connectivity index (χ2v) is 7.31. The van der Waals surface area contributed by atoms with Crippen LogP contribution in [0.1, 0.15) is 18.3 Å². The minimum absolute atomic E-state index is 0.107. The number of benzene rings is 1. The Morgan fingerprint density at radius 3 is 2.77 bits per heavy atom.